The Balaban J connectivity index is 1.19. The minimum atomic E-state index is -0.0904. The highest BCUT2D eigenvalue weighted by Crippen LogP contribution is 2.55. The fourth-order valence-corrected chi connectivity index (χ4v) is 14.1. The molecule has 0 unspecified atom stereocenters. The standard InChI is InChI=1S/C66H56BN3S/c1-64(2,3)43-31-33-56(51(36-43)41-20-11-8-12-21-41)69-57-38-46(68(44-23-13-9-14-24-44)45-25-15-10-16-26-45)37-52-49-29-19-28-48-50-32-30-42-22-17-18-27-47(42)60(50)70(61(48)49)67(59(52)57)63-62(69)53-39-54-55(40-58(53)71-63)66(6,7)35-34-65(54,4)5/h8-33,36-40H,34-35H2,1-7H3. The molecule has 0 saturated heterocycles. The molecule has 0 N–H and O–H groups in total. The molecule has 4 heterocycles. The molecule has 344 valence electrons. The topological polar surface area (TPSA) is 11.4 Å². The van der Waals surface area contributed by atoms with Crippen molar-refractivity contribution in [3.05, 3.63) is 205 Å². The number of hydrogen-bond donors (Lipinski definition) is 0. The average Bonchev–Trinajstić information content (AvgIpc) is 3.94. The highest BCUT2D eigenvalue weighted by Gasteiger charge is 2.47. The summed E-state index contributed by atoms with van der Waals surface area (Å²) in [5.41, 5.74) is 20.4. The zero-order chi connectivity index (χ0) is 48.1. The van der Waals surface area contributed by atoms with E-state index < -0.39 is 0 Å². The lowest BCUT2D eigenvalue weighted by molar-refractivity contribution is 0.332. The molecule has 0 atom stereocenters. The van der Waals surface area contributed by atoms with Crippen LogP contribution in [0.25, 0.3) is 64.9 Å². The first-order valence-electron chi connectivity index (χ1n) is 25.5. The Hall–Kier alpha value is -7.34. The highest BCUT2D eigenvalue weighted by molar-refractivity contribution is 7.32. The quantitative estimate of drug-likeness (QED) is 0.159. The molecule has 0 spiro atoms. The molecule has 3 aliphatic rings. The third-order valence-electron chi connectivity index (χ3n) is 16.5. The second-order valence-electron chi connectivity index (χ2n) is 22.7. The molecule has 3 nitrogen and oxygen atoms in total. The van der Waals surface area contributed by atoms with E-state index in [0.717, 1.165) is 23.5 Å². The van der Waals surface area contributed by atoms with Gasteiger partial charge in [-0.2, -0.15) is 0 Å². The molecular weight excluding hydrogens is 878 g/mol. The van der Waals surface area contributed by atoms with Crippen molar-refractivity contribution in [2.75, 3.05) is 9.80 Å². The maximum Gasteiger partial charge on any atom is 0.343 e. The second-order valence-corrected chi connectivity index (χ2v) is 23.8. The molecule has 5 heteroatoms. The van der Waals surface area contributed by atoms with E-state index in [9.17, 15) is 0 Å². The normalized spacial score (nSPS) is 15.3. The van der Waals surface area contributed by atoms with Crippen LogP contribution in [0.15, 0.2) is 188 Å². The molecule has 0 amide bonds. The summed E-state index contributed by atoms with van der Waals surface area (Å²) in [7, 11) is 0. The molecule has 71 heavy (non-hydrogen) atoms. The van der Waals surface area contributed by atoms with Gasteiger partial charge in [0.25, 0.3) is 0 Å². The summed E-state index contributed by atoms with van der Waals surface area (Å²) in [6, 6.07) is 71.4. The van der Waals surface area contributed by atoms with E-state index in [1.807, 2.05) is 11.3 Å². The Kier molecular flexibility index (Phi) is 9.04. The summed E-state index contributed by atoms with van der Waals surface area (Å²) in [4.78, 5) is 5.18. The van der Waals surface area contributed by atoms with Gasteiger partial charge in [0.2, 0.25) is 0 Å². The number of anilines is 6. The number of benzene rings is 9. The lowest BCUT2D eigenvalue weighted by Crippen LogP contribution is -2.55. The summed E-state index contributed by atoms with van der Waals surface area (Å²) >= 11 is 2.03. The molecule has 1 aliphatic carbocycles. The predicted molar refractivity (Wildman–Crippen MR) is 307 cm³/mol. The Morgan fingerprint density at radius 1 is 0.507 bits per heavy atom. The van der Waals surface area contributed by atoms with Gasteiger partial charge in [-0.15, -0.1) is 11.3 Å². The molecular formula is C66H56BN3S. The molecule has 0 bridgehead atoms. The van der Waals surface area contributed by atoms with Gasteiger partial charge in [-0.3, -0.25) is 0 Å². The Bertz CT molecular complexity index is 3950. The van der Waals surface area contributed by atoms with Crippen molar-refractivity contribution in [3.8, 4) is 22.3 Å². The first-order chi connectivity index (χ1) is 34.4. The van der Waals surface area contributed by atoms with Crippen molar-refractivity contribution < 1.29 is 0 Å². The van der Waals surface area contributed by atoms with Gasteiger partial charge in [-0.05, 0) is 128 Å². The minimum Gasteiger partial charge on any atom is -0.374 e. The molecule has 9 aromatic carbocycles. The van der Waals surface area contributed by atoms with Gasteiger partial charge >= 0.3 is 6.85 Å². The van der Waals surface area contributed by atoms with E-state index in [-0.39, 0.29) is 23.1 Å². The first kappa shape index (κ1) is 42.5. The maximum absolute atomic E-state index is 2.78. The number of nitrogens with zero attached hydrogens (tertiary/aromatic N) is 3. The van der Waals surface area contributed by atoms with Crippen LogP contribution in [0.1, 0.15) is 78.0 Å². The summed E-state index contributed by atoms with van der Waals surface area (Å²) in [5, 5.41) is 6.50. The summed E-state index contributed by atoms with van der Waals surface area (Å²) in [6.07, 6.45) is 2.33. The van der Waals surface area contributed by atoms with Crippen molar-refractivity contribution >= 4 is 105 Å². The molecule has 0 radical (unpaired) electrons. The van der Waals surface area contributed by atoms with Crippen molar-refractivity contribution in [2.24, 2.45) is 0 Å². The summed E-state index contributed by atoms with van der Waals surface area (Å²) < 4.78 is 5.53. The number of hydrogen-bond acceptors (Lipinski definition) is 3. The number of rotatable bonds is 5. The summed E-state index contributed by atoms with van der Waals surface area (Å²) in [5.74, 6) is 0. The van der Waals surface area contributed by atoms with Crippen LogP contribution in [0.5, 0.6) is 0 Å². The van der Waals surface area contributed by atoms with Crippen molar-refractivity contribution in [1.29, 1.82) is 0 Å². The molecule has 0 fully saturated rings. The van der Waals surface area contributed by atoms with E-state index >= 15 is 0 Å². The third kappa shape index (κ3) is 6.21. The average molecular weight is 934 g/mol. The molecule has 14 rings (SSSR count). The van der Waals surface area contributed by atoms with E-state index in [1.54, 1.807) is 0 Å². The fourth-order valence-electron chi connectivity index (χ4n) is 12.8. The Morgan fingerprint density at radius 3 is 1.85 bits per heavy atom. The fraction of sp³-hybridized carbons (Fsp3) is 0.182. The predicted octanol–water partition coefficient (Wildman–Crippen LogP) is 17.4. The Labute approximate surface area is 421 Å². The van der Waals surface area contributed by atoms with Crippen LogP contribution in [0.4, 0.5) is 34.1 Å². The van der Waals surface area contributed by atoms with Crippen LogP contribution in [-0.4, -0.2) is 11.3 Å². The van der Waals surface area contributed by atoms with Gasteiger partial charge in [0.1, 0.15) is 0 Å². The highest BCUT2D eigenvalue weighted by atomic mass is 32.1. The number of para-hydroxylation sites is 3. The van der Waals surface area contributed by atoms with Crippen LogP contribution in [0.3, 0.4) is 0 Å². The van der Waals surface area contributed by atoms with Gasteiger partial charge in [0, 0.05) is 75.9 Å². The second kappa shape index (κ2) is 15.1. The van der Waals surface area contributed by atoms with Crippen LogP contribution < -0.4 is 20.0 Å². The van der Waals surface area contributed by atoms with Gasteiger partial charge in [0.15, 0.2) is 0 Å². The van der Waals surface area contributed by atoms with Crippen LogP contribution >= 0.6 is 11.3 Å². The third-order valence-corrected chi connectivity index (χ3v) is 17.7. The zero-order valence-electron chi connectivity index (χ0n) is 41.6. The number of fused-ring (bicyclic) bond motifs is 12. The Morgan fingerprint density at radius 2 is 1.14 bits per heavy atom. The molecule has 2 aliphatic heterocycles. The van der Waals surface area contributed by atoms with Crippen LogP contribution in [0.2, 0.25) is 0 Å². The van der Waals surface area contributed by atoms with Gasteiger partial charge < -0.3 is 14.3 Å². The SMILES string of the molecule is CC(C)(C)c1ccc(N2c3cc(N(c4ccccc4)c4ccccc4)cc4c3B(c3sc5cc6c(cc5c32)C(C)(C)CCC6(C)C)n2c3c-4cccc3c3ccc4ccccc4c32)c(-c2ccccc2)c1. The largest absolute Gasteiger partial charge is 0.374 e. The van der Waals surface area contributed by atoms with E-state index in [4.69, 9.17) is 0 Å². The lowest BCUT2D eigenvalue weighted by atomic mass is 9.48. The monoisotopic (exact) mass is 933 g/mol. The van der Waals surface area contributed by atoms with Crippen LogP contribution in [-0.2, 0) is 16.2 Å². The molecule has 11 aromatic rings. The van der Waals surface area contributed by atoms with Crippen molar-refractivity contribution in [1.82, 2.24) is 4.48 Å². The van der Waals surface area contributed by atoms with E-state index in [1.165, 1.54) is 115 Å². The van der Waals surface area contributed by atoms with E-state index in [2.05, 4.69) is 251 Å². The van der Waals surface area contributed by atoms with Crippen LogP contribution in [0, 0.1) is 0 Å². The van der Waals surface area contributed by atoms with Gasteiger partial charge in [-0.25, -0.2) is 0 Å². The maximum atomic E-state index is 2.78. The molecule has 0 saturated carbocycles. The van der Waals surface area contributed by atoms with Gasteiger partial charge in [0.05, 0.1) is 11.4 Å². The smallest absolute Gasteiger partial charge is 0.343 e. The van der Waals surface area contributed by atoms with Gasteiger partial charge in [-0.1, -0.05) is 176 Å². The number of thiophene rings is 1. The van der Waals surface area contributed by atoms with E-state index in [0.29, 0.717) is 0 Å². The first-order valence-corrected chi connectivity index (χ1v) is 26.3. The molecule has 2 aromatic heterocycles. The minimum absolute atomic E-state index is 0.0342. The lowest BCUT2D eigenvalue weighted by Gasteiger charge is -2.42. The zero-order valence-corrected chi connectivity index (χ0v) is 42.5. The van der Waals surface area contributed by atoms with Crippen molar-refractivity contribution in [2.45, 2.75) is 77.6 Å². The summed E-state index contributed by atoms with van der Waals surface area (Å²) in [6.45, 7) is 16.8. The van der Waals surface area contributed by atoms with Crippen molar-refractivity contribution in [3.63, 3.8) is 0 Å². The number of aromatic nitrogens is 1.